The summed E-state index contributed by atoms with van der Waals surface area (Å²) in [4.78, 5) is 14.1. The maximum absolute atomic E-state index is 12.6. The number of carbonyl (C=O) groups is 1. The lowest BCUT2D eigenvalue weighted by Gasteiger charge is -2.15. The molecule has 0 saturated heterocycles. The third kappa shape index (κ3) is 4.49. The molecule has 5 heteroatoms. The maximum Gasteiger partial charge on any atom is 0.268 e. The normalized spacial score (nSPS) is 11.1. The molecule has 0 aliphatic carbocycles. The highest BCUT2D eigenvalue weighted by Gasteiger charge is 2.14. The Labute approximate surface area is 160 Å². The Hall–Kier alpha value is -2.79. The Kier molecular flexibility index (Phi) is 6.14. The zero-order valence-corrected chi connectivity index (χ0v) is 16.3. The van der Waals surface area contributed by atoms with Crippen LogP contribution in [0.3, 0.4) is 0 Å². The van der Waals surface area contributed by atoms with Crippen molar-refractivity contribution in [3.8, 4) is 11.5 Å². The minimum atomic E-state index is -0.0363. The number of amides is 1. The van der Waals surface area contributed by atoms with Crippen LogP contribution >= 0.6 is 0 Å². The van der Waals surface area contributed by atoms with Gasteiger partial charge in [-0.1, -0.05) is 18.2 Å². The lowest BCUT2D eigenvalue weighted by atomic mass is 10.2. The largest absolute Gasteiger partial charge is 0.457 e. The molecule has 3 aromatic rings. The van der Waals surface area contributed by atoms with E-state index in [-0.39, 0.29) is 5.91 Å². The molecule has 0 fully saturated rings. The fourth-order valence-corrected chi connectivity index (χ4v) is 3.28. The van der Waals surface area contributed by atoms with E-state index in [1.807, 2.05) is 66.2 Å². The number of ether oxygens (including phenoxy) is 1. The van der Waals surface area contributed by atoms with Crippen molar-refractivity contribution in [3.05, 3.63) is 60.3 Å². The molecule has 27 heavy (non-hydrogen) atoms. The van der Waals surface area contributed by atoms with Crippen molar-refractivity contribution >= 4 is 16.8 Å². The number of fused-ring (bicyclic) bond motifs is 1. The summed E-state index contributed by atoms with van der Waals surface area (Å²) in [7, 11) is 1.92. The number of para-hydroxylation sites is 1. The number of quaternary nitrogens is 1. The number of aryl methyl sites for hydroxylation is 1. The number of aromatic nitrogens is 1. The minimum Gasteiger partial charge on any atom is -0.457 e. The highest BCUT2D eigenvalue weighted by Crippen LogP contribution is 2.27. The molecule has 3 rings (SSSR count). The predicted molar refractivity (Wildman–Crippen MR) is 109 cm³/mol. The van der Waals surface area contributed by atoms with Crippen LogP contribution in [0, 0.1) is 0 Å². The summed E-state index contributed by atoms with van der Waals surface area (Å²) in [5.74, 6) is 1.52. The van der Waals surface area contributed by atoms with Gasteiger partial charge in [-0.15, -0.1) is 0 Å². The topological polar surface area (TPSA) is 47.7 Å². The van der Waals surface area contributed by atoms with Crippen molar-refractivity contribution < 1.29 is 14.4 Å². The summed E-state index contributed by atoms with van der Waals surface area (Å²) in [5, 5.41) is 4.03. The molecule has 0 saturated carbocycles. The van der Waals surface area contributed by atoms with Crippen LogP contribution in [-0.2, 0) is 7.05 Å². The third-order valence-corrected chi connectivity index (χ3v) is 4.99. The lowest BCUT2D eigenvalue weighted by molar-refractivity contribution is -0.895. The van der Waals surface area contributed by atoms with Gasteiger partial charge in [-0.2, -0.15) is 0 Å². The Morgan fingerprint density at radius 1 is 1.04 bits per heavy atom. The van der Waals surface area contributed by atoms with Crippen molar-refractivity contribution in [1.29, 1.82) is 0 Å². The molecule has 0 spiro atoms. The van der Waals surface area contributed by atoms with E-state index in [9.17, 15) is 4.79 Å². The summed E-state index contributed by atoms with van der Waals surface area (Å²) in [6.45, 7) is 8.10. The number of benzene rings is 2. The van der Waals surface area contributed by atoms with Crippen LogP contribution in [0.15, 0.2) is 54.6 Å². The van der Waals surface area contributed by atoms with Crippen LogP contribution in [0.25, 0.3) is 10.9 Å². The van der Waals surface area contributed by atoms with Gasteiger partial charge in [0, 0.05) is 18.0 Å². The lowest BCUT2D eigenvalue weighted by Crippen LogP contribution is -3.12. The average molecular weight is 366 g/mol. The van der Waals surface area contributed by atoms with Crippen LogP contribution in [-0.4, -0.2) is 36.7 Å². The second-order valence-corrected chi connectivity index (χ2v) is 6.69. The second-order valence-electron chi connectivity index (χ2n) is 6.69. The minimum absolute atomic E-state index is 0.0363. The van der Waals surface area contributed by atoms with Gasteiger partial charge in [0.25, 0.3) is 5.91 Å². The molecular weight excluding hydrogens is 338 g/mol. The number of hydrogen-bond donors (Lipinski definition) is 2. The first kappa shape index (κ1) is 19.0. The SMILES string of the molecule is CC[NH+](CC)CCNC(=O)c1cc2cc(Oc3ccccc3)ccc2n1C. The van der Waals surface area contributed by atoms with Crippen LogP contribution in [0.4, 0.5) is 0 Å². The van der Waals surface area contributed by atoms with Gasteiger partial charge in [-0.3, -0.25) is 4.79 Å². The zero-order valence-electron chi connectivity index (χ0n) is 16.3. The summed E-state index contributed by atoms with van der Waals surface area (Å²) >= 11 is 0. The van der Waals surface area contributed by atoms with Crippen molar-refractivity contribution in [2.45, 2.75) is 13.8 Å². The maximum atomic E-state index is 12.6. The van der Waals surface area contributed by atoms with Gasteiger partial charge in [0.2, 0.25) is 0 Å². The first-order valence-electron chi connectivity index (χ1n) is 9.56. The molecule has 1 heterocycles. The number of nitrogens with one attached hydrogen (secondary N) is 2. The third-order valence-electron chi connectivity index (χ3n) is 4.99. The van der Waals surface area contributed by atoms with E-state index in [0.717, 1.165) is 42.0 Å². The average Bonchev–Trinajstić information content (AvgIpc) is 3.02. The molecule has 1 aromatic heterocycles. The van der Waals surface area contributed by atoms with Gasteiger partial charge >= 0.3 is 0 Å². The van der Waals surface area contributed by atoms with Crippen molar-refractivity contribution in [3.63, 3.8) is 0 Å². The van der Waals surface area contributed by atoms with Crippen molar-refractivity contribution in [1.82, 2.24) is 9.88 Å². The zero-order chi connectivity index (χ0) is 19.2. The van der Waals surface area contributed by atoms with E-state index in [0.29, 0.717) is 12.2 Å². The molecule has 142 valence electrons. The molecule has 5 nitrogen and oxygen atoms in total. The first-order valence-corrected chi connectivity index (χ1v) is 9.56. The van der Waals surface area contributed by atoms with Crippen molar-refractivity contribution in [2.75, 3.05) is 26.2 Å². The first-order chi connectivity index (χ1) is 13.1. The number of carbonyl (C=O) groups excluding carboxylic acids is 1. The number of rotatable bonds is 8. The molecule has 0 aliphatic rings. The molecule has 0 radical (unpaired) electrons. The van der Waals surface area contributed by atoms with Crippen LogP contribution < -0.4 is 15.0 Å². The second kappa shape index (κ2) is 8.73. The summed E-state index contributed by atoms with van der Waals surface area (Å²) in [6, 6.07) is 17.5. The highest BCUT2D eigenvalue weighted by atomic mass is 16.5. The van der Waals surface area contributed by atoms with Crippen LogP contribution in [0.5, 0.6) is 11.5 Å². The molecule has 1 amide bonds. The number of nitrogens with zero attached hydrogens (tertiary/aromatic N) is 1. The van der Waals surface area contributed by atoms with Gasteiger partial charge in [-0.25, -0.2) is 0 Å². The molecule has 2 aromatic carbocycles. The predicted octanol–water partition coefficient (Wildman–Crippen LogP) is 2.63. The quantitative estimate of drug-likeness (QED) is 0.644. The Morgan fingerprint density at radius 2 is 1.78 bits per heavy atom. The Balaban J connectivity index is 1.73. The number of likely N-dealkylation sites (N-methyl/N-ethyl adjacent to an activating group) is 1. The molecule has 0 unspecified atom stereocenters. The molecule has 0 aliphatic heterocycles. The van der Waals surface area contributed by atoms with E-state index in [4.69, 9.17) is 4.74 Å². The smallest absolute Gasteiger partial charge is 0.268 e. The summed E-state index contributed by atoms with van der Waals surface area (Å²) in [5.41, 5.74) is 1.67. The standard InChI is InChI=1S/C22H27N3O2/c1-4-25(5-2)14-13-23-22(26)21-16-17-15-19(11-12-20(17)24(21)3)27-18-9-7-6-8-10-18/h6-12,15-16H,4-5,13-14H2,1-3H3,(H,23,26)/p+1. The molecular formula is C22H28N3O2+. The van der Waals surface area contributed by atoms with Gasteiger partial charge in [0.1, 0.15) is 17.2 Å². The summed E-state index contributed by atoms with van der Waals surface area (Å²) in [6.07, 6.45) is 0. The fraction of sp³-hybridized carbons (Fsp3) is 0.318. The molecule has 2 N–H and O–H groups in total. The van der Waals surface area contributed by atoms with E-state index >= 15 is 0 Å². The van der Waals surface area contributed by atoms with Gasteiger partial charge in [0.15, 0.2) is 0 Å². The fourth-order valence-electron chi connectivity index (χ4n) is 3.28. The van der Waals surface area contributed by atoms with E-state index in [2.05, 4.69) is 19.2 Å². The van der Waals surface area contributed by atoms with Crippen molar-refractivity contribution in [2.24, 2.45) is 7.05 Å². The monoisotopic (exact) mass is 366 g/mol. The van der Waals surface area contributed by atoms with E-state index < -0.39 is 0 Å². The van der Waals surface area contributed by atoms with Gasteiger partial charge in [0.05, 0.1) is 26.2 Å². The number of hydrogen-bond acceptors (Lipinski definition) is 2. The van der Waals surface area contributed by atoms with Crippen LogP contribution in [0.2, 0.25) is 0 Å². The molecule has 0 atom stereocenters. The molecule has 0 bridgehead atoms. The Morgan fingerprint density at radius 3 is 2.48 bits per heavy atom. The van der Waals surface area contributed by atoms with Crippen LogP contribution in [0.1, 0.15) is 24.3 Å². The summed E-state index contributed by atoms with van der Waals surface area (Å²) < 4.78 is 7.83. The Bertz CT molecular complexity index is 899. The van der Waals surface area contributed by atoms with E-state index in [1.54, 1.807) is 0 Å². The van der Waals surface area contributed by atoms with E-state index in [1.165, 1.54) is 4.90 Å². The van der Waals surface area contributed by atoms with Gasteiger partial charge in [-0.05, 0) is 50.2 Å². The van der Waals surface area contributed by atoms with Gasteiger partial charge < -0.3 is 19.5 Å². The highest BCUT2D eigenvalue weighted by molar-refractivity contribution is 5.99.